The molecule has 7 heteroatoms. The second-order valence-electron chi connectivity index (χ2n) is 10.5. The number of hydrogen-bond acceptors (Lipinski definition) is 4. The minimum atomic E-state index is -0.517. The minimum Gasteiger partial charge on any atom is -0.377 e. The van der Waals surface area contributed by atoms with Gasteiger partial charge in [-0.15, -0.1) is 0 Å². The molecule has 7 rings (SSSR count). The molecule has 0 unspecified atom stereocenters. The number of hydrogen-bond donors (Lipinski definition) is 3. The molecule has 1 amide bonds. The largest absolute Gasteiger partial charge is 0.377 e. The van der Waals surface area contributed by atoms with Gasteiger partial charge in [-0.2, -0.15) is 0 Å². The lowest BCUT2D eigenvalue weighted by Crippen LogP contribution is -2.58. The second-order valence-corrected chi connectivity index (χ2v) is 10.5. The number of likely N-dealkylation sites (N-methyl/N-ethyl adjacent to an activating group) is 1. The van der Waals surface area contributed by atoms with Gasteiger partial charge in [0.1, 0.15) is 12.3 Å². The Morgan fingerprint density at radius 1 is 1.08 bits per heavy atom. The molecule has 2 aliphatic rings. The Bertz CT molecular complexity index is 1700. The maximum Gasteiger partial charge on any atom is 0.252 e. The van der Waals surface area contributed by atoms with Crippen LogP contribution >= 0.6 is 0 Å². The molecule has 0 saturated carbocycles. The third-order valence-corrected chi connectivity index (χ3v) is 8.22. The predicted octanol–water partition coefficient (Wildman–Crippen LogP) is 4.97. The molecule has 0 aliphatic carbocycles. The van der Waals surface area contributed by atoms with Crippen molar-refractivity contribution < 1.29 is 14.3 Å². The SMILES string of the molecule is CN[C@@H]1C[C@H](n2c3ccccc3c3c4c(c5c6ccccc6[nH]c5c32)CNC4=O)OC(C)(C)[C@@H]1OC. The number of amides is 1. The van der Waals surface area contributed by atoms with Gasteiger partial charge < -0.3 is 29.7 Å². The number of methoxy groups -OCH3 is 1. The highest BCUT2D eigenvalue weighted by atomic mass is 16.6. The topological polar surface area (TPSA) is 80.3 Å². The molecule has 184 valence electrons. The maximum absolute atomic E-state index is 13.3. The van der Waals surface area contributed by atoms with Crippen molar-refractivity contribution >= 4 is 49.5 Å². The summed E-state index contributed by atoms with van der Waals surface area (Å²) in [5.74, 6) is -0.0116. The summed E-state index contributed by atoms with van der Waals surface area (Å²) in [5, 5.41) is 10.9. The van der Waals surface area contributed by atoms with Gasteiger partial charge in [-0.1, -0.05) is 36.4 Å². The van der Waals surface area contributed by atoms with E-state index >= 15 is 0 Å². The number of aromatic nitrogens is 2. The number of nitrogens with zero attached hydrogens (tertiary/aromatic N) is 1. The van der Waals surface area contributed by atoms with Crippen LogP contribution in [0.2, 0.25) is 0 Å². The van der Waals surface area contributed by atoms with Crippen molar-refractivity contribution in [3.05, 3.63) is 59.7 Å². The molecule has 3 aromatic carbocycles. The monoisotopic (exact) mass is 482 g/mol. The Labute approximate surface area is 208 Å². The van der Waals surface area contributed by atoms with Crippen molar-refractivity contribution in [2.75, 3.05) is 14.2 Å². The minimum absolute atomic E-state index is 0.0116. The number of ether oxygens (including phenoxy) is 2. The fourth-order valence-electron chi connectivity index (χ4n) is 6.82. The van der Waals surface area contributed by atoms with Gasteiger partial charge in [0.25, 0.3) is 5.91 Å². The first-order chi connectivity index (χ1) is 17.4. The molecule has 1 fully saturated rings. The average Bonchev–Trinajstić information content (AvgIpc) is 3.54. The lowest BCUT2D eigenvalue weighted by atomic mass is 9.88. The number of carbonyl (C=O) groups is 1. The number of fused-ring (bicyclic) bond motifs is 10. The Balaban J connectivity index is 1.64. The summed E-state index contributed by atoms with van der Waals surface area (Å²) in [6.45, 7) is 4.72. The van der Waals surface area contributed by atoms with Crippen molar-refractivity contribution in [1.29, 1.82) is 0 Å². The van der Waals surface area contributed by atoms with Gasteiger partial charge in [0, 0.05) is 53.2 Å². The van der Waals surface area contributed by atoms with E-state index in [2.05, 4.69) is 70.4 Å². The molecular formula is C29H30N4O3. The summed E-state index contributed by atoms with van der Waals surface area (Å²) < 4.78 is 15.0. The normalized spacial score (nSPS) is 23.7. The molecule has 36 heavy (non-hydrogen) atoms. The first-order valence-electron chi connectivity index (χ1n) is 12.6. The molecule has 1 saturated heterocycles. The van der Waals surface area contributed by atoms with E-state index in [1.165, 1.54) is 0 Å². The molecular weight excluding hydrogens is 452 g/mol. The number of carbonyl (C=O) groups excluding carboxylic acids is 1. The van der Waals surface area contributed by atoms with Gasteiger partial charge in [-0.3, -0.25) is 4.79 Å². The Kier molecular flexibility index (Phi) is 4.59. The summed E-state index contributed by atoms with van der Waals surface area (Å²) in [5.41, 5.74) is 5.53. The van der Waals surface area contributed by atoms with E-state index in [0.717, 1.165) is 61.2 Å². The third kappa shape index (κ3) is 2.76. The molecule has 7 nitrogen and oxygen atoms in total. The van der Waals surface area contributed by atoms with Crippen molar-refractivity contribution in [3.8, 4) is 0 Å². The van der Waals surface area contributed by atoms with Crippen LogP contribution in [0.3, 0.4) is 0 Å². The molecule has 0 bridgehead atoms. The zero-order valence-corrected chi connectivity index (χ0v) is 20.9. The van der Waals surface area contributed by atoms with Crippen molar-refractivity contribution in [3.63, 3.8) is 0 Å². The predicted molar refractivity (Wildman–Crippen MR) is 142 cm³/mol. The van der Waals surface area contributed by atoms with Crippen molar-refractivity contribution in [1.82, 2.24) is 20.2 Å². The van der Waals surface area contributed by atoms with E-state index in [4.69, 9.17) is 9.47 Å². The fourth-order valence-corrected chi connectivity index (χ4v) is 6.82. The summed E-state index contributed by atoms with van der Waals surface area (Å²) in [6.07, 6.45) is 0.398. The number of para-hydroxylation sites is 2. The van der Waals surface area contributed by atoms with Crippen LogP contribution in [0.4, 0.5) is 0 Å². The maximum atomic E-state index is 13.3. The van der Waals surface area contributed by atoms with Crippen LogP contribution in [-0.4, -0.2) is 47.4 Å². The smallest absolute Gasteiger partial charge is 0.252 e. The van der Waals surface area contributed by atoms with E-state index in [9.17, 15) is 4.79 Å². The van der Waals surface area contributed by atoms with Crippen LogP contribution < -0.4 is 10.6 Å². The van der Waals surface area contributed by atoms with Crippen LogP contribution in [0.1, 0.15) is 42.4 Å². The molecule has 4 heterocycles. The van der Waals surface area contributed by atoms with Crippen LogP contribution in [0.25, 0.3) is 43.6 Å². The lowest BCUT2D eigenvalue weighted by Gasteiger charge is -2.46. The highest BCUT2D eigenvalue weighted by molar-refractivity contribution is 6.30. The van der Waals surface area contributed by atoms with E-state index in [0.29, 0.717) is 6.54 Å². The highest BCUT2D eigenvalue weighted by Crippen LogP contribution is 2.47. The van der Waals surface area contributed by atoms with Gasteiger partial charge in [-0.05, 0) is 38.6 Å². The molecule has 3 atom stereocenters. The van der Waals surface area contributed by atoms with Crippen LogP contribution in [0.5, 0.6) is 0 Å². The van der Waals surface area contributed by atoms with Crippen LogP contribution in [0, 0.1) is 0 Å². The average molecular weight is 483 g/mol. The van der Waals surface area contributed by atoms with E-state index in [1.807, 2.05) is 19.2 Å². The molecule has 5 aromatic rings. The van der Waals surface area contributed by atoms with Gasteiger partial charge in [0.05, 0.1) is 27.7 Å². The standard InChI is InChI=1S/C29H30N4O3/c1-29(2)27(35-4)19(30-3)13-21(36-29)33-20-12-8-6-10-16(20)23-24-17(14-31-28(24)34)22-15-9-5-7-11-18(15)32-25(22)26(23)33/h5-12,19,21,27,30,32H,13-14H2,1-4H3,(H,31,34)/t19-,21-,27-/m1/s1. The molecule has 0 spiro atoms. The van der Waals surface area contributed by atoms with Crippen molar-refractivity contribution in [2.45, 2.75) is 50.8 Å². The molecule has 2 aromatic heterocycles. The lowest BCUT2D eigenvalue weighted by molar-refractivity contribution is -0.211. The number of rotatable bonds is 3. The zero-order valence-electron chi connectivity index (χ0n) is 20.9. The number of benzene rings is 3. The zero-order chi connectivity index (χ0) is 24.8. The van der Waals surface area contributed by atoms with Crippen LogP contribution in [-0.2, 0) is 16.0 Å². The third-order valence-electron chi connectivity index (χ3n) is 8.22. The van der Waals surface area contributed by atoms with Crippen LogP contribution in [0.15, 0.2) is 48.5 Å². The van der Waals surface area contributed by atoms with E-state index in [-0.39, 0.29) is 24.3 Å². The highest BCUT2D eigenvalue weighted by Gasteiger charge is 2.45. The van der Waals surface area contributed by atoms with Gasteiger partial charge in [0.2, 0.25) is 0 Å². The van der Waals surface area contributed by atoms with E-state index < -0.39 is 5.60 Å². The molecule has 0 radical (unpaired) electrons. The van der Waals surface area contributed by atoms with Gasteiger partial charge in [-0.25, -0.2) is 0 Å². The molecule has 2 aliphatic heterocycles. The first-order valence-corrected chi connectivity index (χ1v) is 12.6. The van der Waals surface area contributed by atoms with Crippen molar-refractivity contribution in [2.24, 2.45) is 0 Å². The fraction of sp³-hybridized carbons (Fsp3) is 0.345. The molecule has 3 N–H and O–H groups in total. The number of H-pyrrole nitrogens is 1. The second kappa shape index (κ2) is 7.56. The van der Waals surface area contributed by atoms with Gasteiger partial charge >= 0.3 is 0 Å². The summed E-state index contributed by atoms with van der Waals surface area (Å²) >= 11 is 0. The number of nitrogens with one attached hydrogen (secondary N) is 3. The summed E-state index contributed by atoms with van der Waals surface area (Å²) in [7, 11) is 3.73. The first kappa shape index (κ1) is 21.9. The van der Waals surface area contributed by atoms with E-state index in [1.54, 1.807) is 7.11 Å². The van der Waals surface area contributed by atoms with Gasteiger partial charge in [0.15, 0.2) is 0 Å². The Morgan fingerprint density at radius 2 is 1.83 bits per heavy atom. The Hall–Kier alpha value is -3.39. The Morgan fingerprint density at radius 3 is 2.61 bits per heavy atom. The summed E-state index contributed by atoms with van der Waals surface area (Å²) in [6, 6.07) is 16.8. The quantitative estimate of drug-likeness (QED) is 0.339. The number of aromatic amines is 1. The summed E-state index contributed by atoms with van der Waals surface area (Å²) in [4.78, 5) is 17.0.